The molecule has 0 saturated heterocycles. The number of halogens is 1. The van der Waals surface area contributed by atoms with E-state index in [0.717, 1.165) is 10.0 Å². The minimum absolute atomic E-state index is 0.157. The van der Waals surface area contributed by atoms with Crippen LogP contribution in [0.3, 0.4) is 0 Å². The van der Waals surface area contributed by atoms with Gasteiger partial charge in [-0.3, -0.25) is 14.4 Å². The molecule has 3 N–H and O–H groups in total. The monoisotopic (exact) mass is 504 g/mol. The van der Waals surface area contributed by atoms with E-state index in [1.165, 1.54) is 13.3 Å². The minimum atomic E-state index is -0.867. The number of hydrogen-bond acceptors (Lipinski definition) is 6. The Balaban J connectivity index is 1.94. The van der Waals surface area contributed by atoms with E-state index in [0.29, 0.717) is 22.7 Å². The molecule has 2 rings (SSSR count). The molecule has 0 fully saturated rings. The van der Waals surface area contributed by atoms with E-state index >= 15 is 0 Å². The molecule has 0 radical (unpaired) electrons. The minimum Gasteiger partial charge on any atom is -0.493 e. The molecular weight excluding hydrogens is 480 g/mol. The molecule has 2 aromatic rings. The van der Waals surface area contributed by atoms with Crippen LogP contribution in [0.15, 0.2) is 46.0 Å². The highest BCUT2D eigenvalue weighted by Crippen LogP contribution is 2.27. The van der Waals surface area contributed by atoms with E-state index in [1.807, 2.05) is 19.1 Å². The summed E-state index contributed by atoms with van der Waals surface area (Å²) in [6.07, 6.45) is 1.36. The SMILES string of the molecule is COc1cc(/C=N\NC(=O)C(=O)NC(C)C)ccc1OCC(=O)Nc1ccc(Br)cc1C. The highest BCUT2D eigenvalue weighted by Gasteiger charge is 2.13. The molecule has 0 unspecified atom stereocenters. The molecule has 2 aromatic carbocycles. The molecule has 170 valence electrons. The van der Waals surface area contributed by atoms with Crippen LogP contribution >= 0.6 is 15.9 Å². The summed E-state index contributed by atoms with van der Waals surface area (Å²) in [6, 6.07) is 10.3. The number of carbonyl (C=O) groups is 3. The zero-order chi connectivity index (χ0) is 23.7. The van der Waals surface area contributed by atoms with Crippen LogP contribution in [0.1, 0.15) is 25.0 Å². The van der Waals surface area contributed by atoms with Crippen molar-refractivity contribution in [2.45, 2.75) is 26.8 Å². The van der Waals surface area contributed by atoms with Gasteiger partial charge in [0.15, 0.2) is 18.1 Å². The van der Waals surface area contributed by atoms with Gasteiger partial charge in [0, 0.05) is 16.2 Å². The van der Waals surface area contributed by atoms with Crippen LogP contribution < -0.4 is 25.5 Å². The molecule has 0 aliphatic carbocycles. The first-order valence-electron chi connectivity index (χ1n) is 9.70. The number of aryl methyl sites for hydroxylation is 1. The van der Waals surface area contributed by atoms with Gasteiger partial charge in [0.1, 0.15) is 0 Å². The second kappa shape index (κ2) is 11.8. The summed E-state index contributed by atoms with van der Waals surface area (Å²) >= 11 is 3.38. The largest absolute Gasteiger partial charge is 0.493 e. The van der Waals surface area contributed by atoms with Crippen LogP contribution in [0.25, 0.3) is 0 Å². The lowest BCUT2D eigenvalue weighted by Gasteiger charge is -2.12. The molecule has 0 spiro atoms. The number of methoxy groups -OCH3 is 1. The van der Waals surface area contributed by atoms with Gasteiger partial charge in [-0.2, -0.15) is 5.10 Å². The fraction of sp³-hybridized carbons (Fsp3) is 0.273. The van der Waals surface area contributed by atoms with Crippen molar-refractivity contribution in [3.8, 4) is 11.5 Å². The molecule has 0 aliphatic rings. The Hall–Kier alpha value is -3.40. The highest BCUT2D eigenvalue weighted by molar-refractivity contribution is 9.10. The molecule has 0 heterocycles. The van der Waals surface area contributed by atoms with Gasteiger partial charge in [-0.15, -0.1) is 0 Å². The number of ether oxygens (including phenoxy) is 2. The Morgan fingerprint density at radius 3 is 2.50 bits per heavy atom. The van der Waals surface area contributed by atoms with E-state index in [-0.39, 0.29) is 18.6 Å². The van der Waals surface area contributed by atoms with Gasteiger partial charge in [0.25, 0.3) is 5.91 Å². The normalized spacial score (nSPS) is 10.7. The van der Waals surface area contributed by atoms with E-state index in [4.69, 9.17) is 9.47 Å². The molecule has 3 amide bonds. The molecular formula is C22H25BrN4O5. The van der Waals surface area contributed by atoms with Crippen LogP contribution in [0.4, 0.5) is 5.69 Å². The molecule has 0 aromatic heterocycles. The van der Waals surface area contributed by atoms with Gasteiger partial charge in [-0.25, -0.2) is 5.43 Å². The zero-order valence-corrected chi connectivity index (χ0v) is 19.8. The summed E-state index contributed by atoms with van der Waals surface area (Å²) in [5.41, 5.74) is 4.36. The van der Waals surface area contributed by atoms with Crippen LogP contribution in [-0.4, -0.2) is 43.7 Å². The summed E-state index contributed by atoms with van der Waals surface area (Å²) in [6.45, 7) is 5.18. The van der Waals surface area contributed by atoms with Crippen LogP contribution in [-0.2, 0) is 14.4 Å². The Kier molecular flexibility index (Phi) is 9.21. The number of carbonyl (C=O) groups excluding carboxylic acids is 3. The average molecular weight is 505 g/mol. The Morgan fingerprint density at radius 1 is 1.09 bits per heavy atom. The fourth-order valence-corrected chi connectivity index (χ4v) is 3.00. The van der Waals surface area contributed by atoms with Crippen molar-refractivity contribution in [3.63, 3.8) is 0 Å². The Bertz CT molecular complexity index is 1020. The number of nitrogens with zero attached hydrogens (tertiary/aromatic N) is 1. The maximum Gasteiger partial charge on any atom is 0.329 e. The third-order valence-corrected chi connectivity index (χ3v) is 4.51. The molecule has 32 heavy (non-hydrogen) atoms. The second-order valence-corrected chi connectivity index (χ2v) is 7.95. The van der Waals surface area contributed by atoms with Gasteiger partial charge in [-0.1, -0.05) is 15.9 Å². The number of benzene rings is 2. The Morgan fingerprint density at radius 2 is 1.84 bits per heavy atom. The lowest BCUT2D eigenvalue weighted by atomic mass is 10.2. The first kappa shape index (κ1) is 24.9. The summed E-state index contributed by atoms with van der Waals surface area (Å²) in [7, 11) is 1.46. The van der Waals surface area contributed by atoms with Crippen LogP contribution in [0, 0.1) is 6.92 Å². The van der Waals surface area contributed by atoms with Crippen molar-refractivity contribution in [1.29, 1.82) is 0 Å². The Labute approximate surface area is 194 Å². The summed E-state index contributed by atoms with van der Waals surface area (Å²) in [5, 5.41) is 9.02. The van der Waals surface area contributed by atoms with Gasteiger partial charge < -0.3 is 20.1 Å². The predicted octanol–water partition coefficient (Wildman–Crippen LogP) is 2.76. The zero-order valence-electron chi connectivity index (χ0n) is 18.2. The predicted molar refractivity (Wildman–Crippen MR) is 125 cm³/mol. The summed E-state index contributed by atoms with van der Waals surface area (Å²) in [4.78, 5) is 35.4. The van der Waals surface area contributed by atoms with E-state index in [1.54, 1.807) is 38.1 Å². The first-order chi connectivity index (χ1) is 15.2. The topological polar surface area (TPSA) is 118 Å². The number of anilines is 1. The van der Waals surface area contributed by atoms with Gasteiger partial charge in [-0.05, 0) is 68.3 Å². The maximum absolute atomic E-state index is 12.2. The lowest BCUT2D eigenvalue weighted by Crippen LogP contribution is -2.41. The quantitative estimate of drug-likeness (QED) is 0.290. The fourth-order valence-electron chi connectivity index (χ4n) is 2.52. The van der Waals surface area contributed by atoms with Gasteiger partial charge in [0.2, 0.25) is 0 Å². The van der Waals surface area contributed by atoms with Crippen LogP contribution in [0.5, 0.6) is 11.5 Å². The number of hydrazone groups is 1. The van der Waals surface area contributed by atoms with Crippen molar-refractivity contribution in [3.05, 3.63) is 52.0 Å². The lowest BCUT2D eigenvalue weighted by molar-refractivity contribution is -0.139. The molecule has 10 heteroatoms. The van der Waals surface area contributed by atoms with Gasteiger partial charge in [0.05, 0.1) is 13.3 Å². The third-order valence-electron chi connectivity index (χ3n) is 4.01. The van der Waals surface area contributed by atoms with Crippen molar-refractivity contribution >= 4 is 45.6 Å². The number of nitrogens with one attached hydrogen (secondary N) is 3. The molecule has 0 saturated carbocycles. The maximum atomic E-state index is 12.2. The smallest absolute Gasteiger partial charge is 0.329 e. The van der Waals surface area contributed by atoms with Crippen molar-refractivity contribution in [2.24, 2.45) is 5.10 Å². The highest BCUT2D eigenvalue weighted by atomic mass is 79.9. The summed E-state index contributed by atoms with van der Waals surface area (Å²) in [5.74, 6) is -1.20. The van der Waals surface area contributed by atoms with E-state index in [2.05, 4.69) is 37.1 Å². The van der Waals surface area contributed by atoms with E-state index in [9.17, 15) is 14.4 Å². The number of hydrogen-bond donors (Lipinski definition) is 3. The second-order valence-electron chi connectivity index (χ2n) is 7.03. The molecule has 0 aliphatic heterocycles. The first-order valence-corrected chi connectivity index (χ1v) is 10.5. The van der Waals surface area contributed by atoms with Crippen molar-refractivity contribution < 1.29 is 23.9 Å². The molecule has 0 atom stereocenters. The van der Waals surface area contributed by atoms with E-state index < -0.39 is 11.8 Å². The summed E-state index contributed by atoms with van der Waals surface area (Å²) < 4.78 is 11.8. The molecule has 9 nitrogen and oxygen atoms in total. The standard InChI is InChI=1S/C22H25BrN4O5/c1-13(2)25-21(29)22(30)27-24-11-15-5-8-18(19(10-15)31-4)32-12-20(28)26-17-7-6-16(23)9-14(17)3/h5-11,13H,12H2,1-4H3,(H,25,29)(H,26,28)(H,27,30)/b24-11-. The van der Waals surface area contributed by atoms with Gasteiger partial charge >= 0.3 is 11.8 Å². The van der Waals surface area contributed by atoms with Crippen molar-refractivity contribution in [2.75, 3.05) is 19.0 Å². The number of rotatable bonds is 8. The third kappa shape index (κ3) is 7.69. The number of amides is 3. The van der Waals surface area contributed by atoms with Crippen molar-refractivity contribution in [1.82, 2.24) is 10.7 Å². The van der Waals surface area contributed by atoms with Crippen LogP contribution in [0.2, 0.25) is 0 Å². The average Bonchev–Trinajstić information content (AvgIpc) is 2.74. The molecule has 0 bridgehead atoms.